The molecule has 22 heavy (non-hydrogen) atoms. The van der Waals surface area contributed by atoms with Crippen LogP contribution in [0, 0.1) is 6.92 Å². The van der Waals surface area contributed by atoms with E-state index in [0.717, 1.165) is 12.8 Å². The maximum absolute atomic E-state index is 11.7. The van der Waals surface area contributed by atoms with Crippen molar-refractivity contribution in [3.63, 3.8) is 0 Å². The van der Waals surface area contributed by atoms with Crippen molar-refractivity contribution in [3.05, 3.63) is 17.5 Å². The molecule has 1 aliphatic rings. The van der Waals surface area contributed by atoms with Gasteiger partial charge in [0.05, 0.1) is 6.20 Å². The Bertz CT molecular complexity index is 527. The second kappa shape index (κ2) is 6.28. The highest BCUT2D eigenvalue weighted by Crippen LogP contribution is 2.25. The Morgan fingerprint density at radius 1 is 1.41 bits per heavy atom. The number of aromatic nitrogens is 2. The Morgan fingerprint density at radius 2 is 2.05 bits per heavy atom. The first-order valence-corrected chi connectivity index (χ1v) is 7.90. The third-order valence-electron chi connectivity index (χ3n) is 4.08. The number of alkyl carbamates (subject to hydrolysis) is 1. The maximum Gasteiger partial charge on any atom is 0.407 e. The summed E-state index contributed by atoms with van der Waals surface area (Å²) in [6.45, 7) is 9.84. The summed E-state index contributed by atoms with van der Waals surface area (Å²) in [7, 11) is 1.95. The summed E-state index contributed by atoms with van der Waals surface area (Å²) in [6.07, 6.45) is 3.46. The quantitative estimate of drug-likeness (QED) is 0.896. The molecule has 1 aliphatic carbocycles. The van der Waals surface area contributed by atoms with Gasteiger partial charge in [-0.05, 0) is 47.5 Å². The van der Waals surface area contributed by atoms with Crippen LogP contribution in [0.1, 0.15) is 57.8 Å². The normalized spacial score (nSPS) is 22.8. The molecule has 0 aliphatic heterocycles. The summed E-state index contributed by atoms with van der Waals surface area (Å²) in [4.78, 5) is 11.7. The standard InChI is InChI=1S/C16H28N4O2/c1-10(14-9-17-20(6)11(14)2)18-12-7-13(8-12)19-15(21)22-16(3,4)5/h9-10,12-13,18H,7-8H2,1-6H3,(H,19,21). The molecule has 1 heterocycles. The second-order valence-electron chi connectivity index (χ2n) is 7.21. The fourth-order valence-electron chi connectivity index (χ4n) is 2.73. The summed E-state index contributed by atoms with van der Waals surface area (Å²) < 4.78 is 7.16. The van der Waals surface area contributed by atoms with Crippen LogP contribution in [-0.4, -0.2) is 33.6 Å². The van der Waals surface area contributed by atoms with Gasteiger partial charge in [0.15, 0.2) is 0 Å². The van der Waals surface area contributed by atoms with Crippen LogP contribution in [-0.2, 0) is 11.8 Å². The molecule has 1 aromatic rings. The number of rotatable bonds is 4. The number of nitrogens with zero attached hydrogens (tertiary/aromatic N) is 2. The van der Waals surface area contributed by atoms with Crippen molar-refractivity contribution in [1.29, 1.82) is 0 Å². The molecule has 1 amide bonds. The first kappa shape index (κ1) is 16.8. The predicted molar refractivity (Wildman–Crippen MR) is 85.7 cm³/mol. The van der Waals surface area contributed by atoms with Crippen molar-refractivity contribution in [3.8, 4) is 0 Å². The smallest absolute Gasteiger partial charge is 0.407 e. The van der Waals surface area contributed by atoms with Gasteiger partial charge in [-0.2, -0.15) is 5.10 Å². The predicted octanol–water partition coefficient (Wildman–Crippen LogP) is 2.43. The van der Waals surface area contributed by atoms with Crippen molar-refractivity contribution in [2.75, 3.05) is 0 Å². The number of hydrogen-bond acceptors (Lipinski definition) is 4. The molecular weight excluding hydrogens is 280 g/mol. The van der Waals surface area contributed by atoms with Crippen LogP contribution in [0.4, 0.5) is 4.79 Å². The van der Waals surface area contributed by atoms with Gasteiger partial charge in [0, 0.05) is 36.4 Å². The SMILES string of the molecule is Cc1c(C(C)NC2CC(NC(=O)OC(C)(C)C)C2)cnn1C. The fourth-order valence-corrected chi connectivity index (χ4v) is 2.73. The minimum absolute atomic E-state index is 0.203. The minimum Gasteiger partial charge on any atom is -0.444 e. The molecule has 2 N–H and O–H groups in total. The molecule has 0 saturated heterocycles. The Hall–Kier alpha value is -1.56. The second-order valence-corrected chi connectivity index (χ2v) is 7.21. The van der Waals surface area contributed by atoms with Crippen LogP contribution in [0.3, 0.4) is 0 Å². The Balaban J connectivity index is 1.73. The van der Waals surface area contributed by atoms with Crippen LogP contribution >= 0.6 is 0 Å². The van der Waals surface area contributed by atoms with Crippen molar-refractivity contribution in [2.45, 2.75) is 71.2 Å². The summed E-state index contributed by atoms with van der Waals surface area (Å²) in [5.74, 6) is 0. The molecule has 1 atom stereocenters. The summed E-state index contributed by atoms with van der Waals surface area (Å²) in [5, 5.41) is 10.8. The van der Waals surface area contributed by atoms with E-state index in [4.69, 9.17) is 4.74 Å². The van der Waals surface area contributed by atoms with Crippen molar-refractivity contribution < 1.29 is 9.53 Å². The van der Waals surface area contributed by atoms with E-state index in [1.165, 1.54) is 11.3 Å². The molecule has 0 bridgehead atoms. The molecule has 1 aromatic heterocycles. The molecule has 1 fully saturated rings. The number of hydrogen-bond donors (Lipinski definition) is 2. The molecule has 6 heteroatoms. The first-order valence-electron chi connectivity index (χ1n) is 7.90. The molecule has 124 valence electrons. The molecule has 1 unspecified atom stereocenters. The topological polar surface area (TPSA) is 68.2 Å². The Labute approximate surface area is 132 Å². The van der Waals surface area contributed by atoms with Gasteiger partial charge in [-0.1, -0.05) is 0 Å². The van der Waals surface area contributed by atoms with Crippen LogP contribution in [0.25, 0.3) is 0 Å². The lowest BCUT2D eigenvalue weighted by molar-refractivity contribution is 0.0463. The van der Waals surface area contributed by atoms with E-state index in [1.54, 1.807) is 0 Å². The average Bonchev–Trinajstić information content (AvgIpc) is 2.65. The van der Waals surface area contributed by atoms with Gasteiger partial charge in [-0.15, -0.1) is 0 Å². The number of carbonyl (C=O) groups is 1. The van der Waals surface area contributed by atoms with Gasteiger partial charge in [0.2, 0.25) is 0 Å². The van der Waals surface area contributed by atoms with Crippen molar-refractivity contribution in [2.24, 2.45) is 7.05 Å². The van der Waals surface area contributed by atoms with Crippen LogP contribution < -0.4 is 10.6 Å². The van der Waals surface area contributed by atoms with E-state index in [0.29, 0.717) is 6.04 Å². The van der Waals surface area contributed by atoms with Gasteiger partial charge in [-0.25, -0.2) is 4.79 Å². The highest BCUT2D eigenvalue weighted by molar-refractivity contribution is 5.68. The van der Waals surface area contributed by atoms with Gasteiger partial charge in [0.1, 0.15) is 5.60 Å². The lowest BCUT2D eigenvalue weighted by atomic mass is 9.86. The van der Waals surface area contributed by atoms with Crippen LogP contribution in [0.15, 0.2) is 6.20 Å². The number of ether oxygens (including phenoxy) is 1. The summed E-state index contributed by atoms with van der Waals surface area (Å²) in [5.41, 5.74) is 1.96. The molecule has 0 spiro atoms. The van der Waals surface area contributed by atoms with Crippen LogP contribution in [0.5, 0.6) is 0 Å². The molecule has 1 saturated carbocycles. The van der Waals surface area contributed by atoms with Gasteiger partial charge in [-0.3, -0.25) is 4.68 Å². The summed E-state index contributed by atoms with van der Waals surface area (Å²) in [6, 6.07) is 0.894. The highest BCUT2D eigenvalue weighted by Gasteiger charge is 2.32. The molecule has 0 radical (unpaired) electrons. The minimum atomic E-state index is -0.447. The lowest BCUT2D eigenvalue weighted by Crippen LogP contribution is -2.53. The van der Waals surface area contributed by atoms with Crippen LogP contribution in [0.2, 0.25) is 0 Å². The Kier molecular flexibility index (Phi) is 4.80. The van der Waals surface area contributed by atoms with Gasteiger partial charge < -0.3 is 15.4 Å². The van der Waals surface area contributed by atoms with Gasteiger partial charge in [0.25, 0.3) is 0 Å². The van der Waals surface area contributed by atoms with E-state index in [-0.39, 0.29) is 18.2 Å². The zero-order valence-electron chi connectivity index (χ0n) is 14.4. The summed E-state index contributed by atoms with van der Waals surface area (Å²) >= 11 is 0. The van der Waals surface area contributed by atoms with Crippen molar-refractivity contribution >= 4 is 6.09 Å². The molecule has 0 aromatic carbocycles. The zero-order valence-corrected chi connectivity index (χ0v) is 14.4. The van der Waals surface area contributed by atoms with Crippen molar-refractivity contribution in [1.82, 2.24) is 20.4 Å². The largest absolute Gasteiger partial charge is 0.444 e. The molecular formula is C16H28N4O2. The van der Waals surface area contributed by atoms with E-state index < -0.39 is 5.60 Å². The number of carbonyl (C=O) groups excluding carboxylic acids is 1. The maximum atomic E-state index is 11.7. The fraction of sp³-hybridized carbons (Fsp3) is 0.750. The first-order chi connectivity index (χ1) is 10.2. The average molecular weight is 308 g/mol. The van der Waals surface area contributed by atoms with Gasteiger partial charge >= 0.3 is 6.09 Å². The van der Waals surface area contributed by atoms with E-state index in [2.05, 4.69) is 29.6 Å². The zero-order chi connectivity index (χ0) is 16.5. The third-order valence-corrected chi connectivity index (χ3v) is 4.08. The highest BCUT2D eigenvalue weighted by atomic mass is 16.6. The third kappa shape index (κ3) is 4.22. The molecule has 2 rings (SSSR count). The Morgan fingerprint density at radius 3 is 2.55 bits per heavy atom. The van der Waals surface area contributed by atoms with E-state index >= 15 is 0 Å². The number of amides is 1. The number of aryl methyl sites for hydroxylation is 1. The molecule has 6 nitrogen and oxygen atoms in total. The monoisotopic (exact) mass is 308 g/mol. The van der Waals surface area contributed by atoms with E-state index in [1.807, 2.05) is 38.7 Å². The number of nitrogens with one attached hydrogen (secondary N) is 2. The van der Waals surface area contributed by atoms with E-state index in [9.17, 15) is 4.79 Å². The lowest BCUT2D eigenvalue weighted by Gasteiger charge is -2.38.